The molecule has 0 saturated carbocycles. The van der Waals surface area contributed by atoms with Crippen molar-refractivity contribution >= 4 is 11.7 Å². The summed E-state index contributed by atoms with van der Waals surface area (Å²) in [5, 5.41) is 5.34. The van der Waals surface area contributed by atoms with Crippen LogP contribution in [-0.2, 0) is 0 Å². The van der Waals surface area contributed by atoms with Gasteiger partial charge in [0.05, 0.1) is 7.11 Å². The van der Waals surface area contributed by atoms with E-state index in [1.54, 1.807) is 19.2 Å². The monoisotopic (exact) mass is 286 g/mol. The number of para-hydroxylation sites is 2. The molecule has 2 N–H and O–H groups in total. The summed E-state index contributed by atoms with van der Waals surface area (Å²) in [5.74, 6) is 1.20. The first-order chi connectivity index (χ1) is 10.2. The van der Waals surface area contributed by atoms with E-state index in [-0.39, 0.29) is 12.8 Å². The third kappa shape index (κ3) is 4.42. The second kappa shape index (κ2) is 7.19. The molecular weight excluding hydrogens is 268 g/mol. The van der Waals surface area contributed by atoms with Gasteiger partial charge in [-0.2, -0.15) is 0 Å². The van der Waals surface area contributed by atoms with Crippen LogP contribution in [0.4, 0.5) is 10.5 Å². The Morgan fingerprint density at radius 2 is 1.71 bits per heavy atom. The van der Waals surface area contributed by atoms with Gasteiger partial charge in [0.2, 0.25) is 0 Å². The summed E-state index contributed by atoms with van der Waals surface area (Å²) in [4.78, 5) is 11.7. The van der Waals surface area contributed by atoms with Crippen LogP contribution in [0.25, 0.3) is 0 Å². The average Bonchev–Trinajstić information content (AvgIpc) is 2.50. The van der Waals surface area contributed by atoms with E-state index in [1.165, 1.54) is 0 Å². The van der Waals surface area contributed by atoms with Crippen LogP contribution in [0.3, 0.4) is 0 Å². The van der Waals surface area contributed by atoms with Gasteiger partial charge in [-0.05, 0) is 31.2 Å². The molecule has 0 aliphatic heterocycles. The molecule has 0 aliphatic carbocycles. The Hall–Kier alpha value is -2.69. The van der Waals surface area contributed by atoms with Crippen LogP contribution in [0, 0.1) is 6.92 Å². The highest BCUT2D eigenvalue weighted by Crippen LogP contribution is 2.25. The van der Waals surface area contributed by atoms with E-state index in [4.69, 9.17) is 9.47 Å². The highest BCUT2D eigenvalue weighted by atomic mass is 16.5. The summed E-state index contributed by atoms with van der Waals surface area (Å²) in [6.07, 6.45) is 0. The summed E-state index contributed by atoms with van der Waals surface area (Å²) in [6, 6.07) is 14.5. The second-order valence-electron chi connectivity index (χ2n) is 4.44. The highest BCUT2D eigenvalue weighted by Gasteiger charge is 2.04. The van der Waals surface area contributed by atoms with E-state index in [1.807, 2.05) is 43.3 Å². The number of rotatable bonds is 5. The molecule has 0 spiro atoms. The van der Waals surface area contributed by atoms with E-state index < -0.39 is 0 Å². The molecule has 21 heavy (non-hydrogen) atoms. The van der Waals surface area contributed by atoms with Crippen molar-refractivity contribution in [3.05, 3.63) is 54.1 Å². The van der Waals surface area contributed by atoms with Crippen LogP contribution < -0.4 is 20.1 Å². The predicted molar refractivity (Wildman–Crippen MR) is 81.8 cm³/mol. The zero-order valence-electron chi connectivity index (χ0n) is 12.1. The standard InChI is InChI=1S/C16H18N2O3/c1-12-7-9-13(10-8-12)18-16(19)17-11-21-15-6-4-3-5-14(15)20-2/h3-10H,11H2,1-2H3,(H2,17,18,19). The van der Waals surface area contributed by atoms with E-state index in [9.17, 15) is 4.79 Å². The Morgan fingerprint density at radius 1 is 1.05 bits per heavy atom. The fourth-order valence-electron chi connectivity index (χ4n) is 1.73. The molecule has 0 aliphatic rings. The average molecular weight is 286 g/mol. The lowest BCUT2D eigenvalue weighted by molar-refractivity contribution is 0.231. The van der Waals surface area contributed by atoms with Gasteiger partial charge in [0.1, 0.15) is 0 Å². The zero-order chi connectivity index (χ0) is 15.1. The van der Waals surface area contributed by atoms with Gasteiger partial charge >= 0.3 is 6.03 Å². The normalized spacial score (nSPS) is 9.81. The minimum absolute atomic E-state index is 0.0536. The number of hydrogen-bond donors (Lipinski definition) is 2. The van der Waals surface area contributed by atoms with E-state index in [0.29, 0.717) is 11.5 Å². The van der Waals surface area contributed by atoms with Crippen molar-refractivity contribution < 1.29 is 14.3 Å². The molecule has 0 heterocycles. The number of carbonyl (C=O) groups is 1. The number of urea groups is 1. The van der Waals surface area contributed by atoms with E-state index in [0.717, 1.165) is 11.3 Å². The summed E-state index contributed by atoms with van der Waals surface area (Å²) >= 11 is 0. The number of carbonyl (C=O) groups excluding carboxylic acids is 1. The van der Waals surface area contributed by atoms with Crippen molar-refractivity contribution in [2.24, 2.45) is 0 Å². The van der Waals surface area contributed by atoms with Gasteiger partial charge < -0.3 is 20.1 Å². The Labute approximate surface area is 123 Å². The second-order valence-corrected chi connectivity index (χ2v) is 4.44. The van der Waals surface area contributed by atoms with Crippen molar-refractivity contribution in [3.63, 3.8) is 0 Å². The molecule has 0 fully saturated rings. The maximum Gasteiger partial charge on any atom is 0.321 e. The summed E-state index contributed by atoms with van der Waals surface area (Å²) in [6.45, 7) is 2.04. The van der Waals surface area contributed by atoms with Gasteiger partial charge in [-0.1, -0.05) is 29.8 Å². The number of methoxy groups -OCH3 is 1. The smallest absolute Gasteiger partial charge is 0.321 e. The molecule has 110 valence electrons. The molecule has 5 heteroatoms. The third-order valence-corrected chi connectivity index (χ3v) is 2.84. The molecule has 0 bridgehead atoms. The Bertz CT molecular complexity index is 597. The SMILES string of the molecule is COc1ccccc1OCNC(=O)Nc1ccc(C)cc1. The lowest BCUT2D eigenvalue weighted by Crippen LogP contribution is -2.32. The van der Waals surface area contributed by atoms with Gasteiger partial charge in [-0.3, -0.25) is 0 Å². The number of nitrogens with one attached hydrogen (secondary N) is 2. The Morgan fingerprint density at radius 3 is 2.38 bits per heavy atom. The quantitative estimate of drug-likeness (QED) is 0.830. The fraction of sp³-hybridized carbons (Fsp3) is 0.188. The maximum absolute atomic E-state index is 11.7. The number of aryl methyl sites for hydroxylation is 1. The summed E-state index contributed by atoms with van der Waals surface area (Å²) in [5.41, 5.74) is 1.87. The lowest BCUT2D eigenvalue weighted by Gasteiger charge is -2.11. The van der Waals surface area contributed by atoms with Gasteiger partial charge in [0.25, 0.3) is 0 Å². The molecule has 0 aromatic heterocycles. The van der Waals surface area contributed by atoms with Crippen LogP contribution in [0.2, 0.25) is 0 Å². The van der Waals surface area contributed by atoms with Crippen molar-refractivity contribution in [3.8, 4) is 11.5 Å². The first-order valence-corrected chi connectivity index (χ1v) is 6.56. The molecule has 2 aromatic rings. The predicted octanol–water partition coefficient (Wildman–Crippen LogP) is 3.16. The Balaban J connectivity index is 1.80. The highest BCUT2D eigenvalue weighted by molar-refractivity contribution is 5.89. The zero-order valence-corrected chi connectivity index (χ0v) is 12.1. The molecule has 0 radical (unpaired) electrons. The number of hydrogen-bond acceptors (Lipinski definition) is 3. The topological polar surface area (TPSA) is 59.6 Å². The number of anilines is 1. The number of ether oxygens (including phenoxy) is 2. The lowest BCUT2D eigenvalue weighted by atomic mass is 10.2. The molecule has 2 rings (SSSR count). The van der Waals surface area contributed by atoms with Crippen LogP contribution in [0.1, 0.15) is 5.56 Å². The van der Waals surface area contributed by atoms with Gasteiger partial charge in [-0.25, -0.2) is 4.79 Å². The fourth-order valence-corrected chi connectivity index (χ4v) is 1.73. The van der Waals surface area contributed by atoms with Crippen LogP contribution >= 0.6 is 0 Å². The summed E-state index contributed by atoms with van der Waals surface area (Å²) < 4.78 is 10.6. The molecule has 0 saturated heterocycles. The largest absolute Gasteiger partial charge is 0.493 e. The van der Waals surface area contributed by atoms with Crippen molar-refractivity contribution in [2.75, 3.05) is 19.2 Å². The van der Waals surface area contributed by atoms with Crippen LogP contribution in [0.5, 0.6) is 11.5 Å². The van der Waals surface area contributed by atoms with Crippen LogP contribution in [-0.4, -0.2) is 19.9 Å². The van der Waals surface area contributed by atoms with Crippen molar-refractivity contribution in [1.29, 1.82) is 0 Å². The molecule has 5 nitrogen and oxygen atoms in total. The minimum atomic E-state index is -0.325. The number of amides is 2. The van der Waals surface area contributed by atoms with E-state index in [2.05, 4.69) is 10.6 Å². The molecule has 0 unspecified atom stereocenters. The molecular formula is C16H18N2O3. The van der Waals surface area contributed by atoms with Crippen molar-refractivity contribution in [1.82, 2.24) is 5.32 Å². The van der Waals surface area contributed by atoms with Gasteiger partial charge in [0.15, 0.2) is 18.2 Å². The maximum atomic E-state index is 11.7. The van der Waals surface area contributed by atoms with Crippen LogP contribution in [0.15, 0.2) is 48.5 Å². The van der Waals surface area contributed by atoms with Crippen molar-refractivity contribution in [2.45, 2.75) is 6.92 Å². The molecule has 0 atom stereocenters. The Kier molecular flexibility index (Phi) is 5.04. The van der Waals surface area contributed by atoms with Gasteiger partial charge in [-0.15, -0.1) is 0 Å². The first-order valence-electron chi connectivity index (χ1n) is 6.56. The van der Waals surface area contributed by atoms with Gasteiger partial charge in [0, 0.05) is 5.69 Å². The molecule has 2 amide bonds. The third-order valence-electron chi connectivity index (χ3n) is 2.84. The summed E-state index contributed by atoms with van der Waals surface area (Å²) in [7, 11) is 1.57. The molecule has 2 aromatic carbocycles. The number of benzene rings is 2. The minimum Gasteiger partial charge on any atom is -0.493 e. The van der Waals surface area contributed by atoms with E-state index >= 15 is 0 Å². The first kappa shape index (κ1) is 14.7.